The third-order valence-electron chi connectivity index (χ3n) is 3.72. The second kappa shape index (κ2) is 6.88. The zero-order chi connectivity index (χ0) is 18.8. The van der Waals surface area contributed by atoms with E-state index >= 15 is 0 Å². The van der Waals surface area contributed by atoms with Crippen molar-refractivity contribution < 1.29 is 17.4 Å². The third-order valence-corrected chi connectivity index (χ3v) is 5.10. The van der Waals surface area contributed by atoms with Crippen molar-refractivity contribution in [3.8, 4) is 5.75 Å². The molecular formula is C19H23NO4S. The van der Waals surface area contributed by atoms with Crippen molar-refractivity contribution in [1.29, 1.82) is 0 Å². The lowest BCUT2D eigenvalue weighted by Crippen LogP contribution is -2.16. The first-order chi connectivity index (χ1) is 11.5. The maximum atomic E-state index is 12.8. The van der Waals surface area contributed by atoms with E-state index in [1.807, 2.05) is 26.8 Å². The number of nitrogens with one attached hydrogen (secondary N) is 1. The molecule has 0 aromatic heterocycles. The molecule has 25 heavy (non-hydrogen) atoms. The number of amides is 1. The van der Waals surface area contributed by atoms with E-state index in [0.29, 0.717) is 11.3 Å². The Labute approximate surface area is 149 Å². The van der Waals surface area contributed by atoms with E-state index in [-0.39, 0.29) is 22.0 Å². The summed E-state index contributed by atoms with van der Waals surface area (Å²) in [4.78, 5) is 11.4. The van der Waals surface area contributed by atoms with Crippen molar-refractivity contribution in [2.24, 2.45) is 0 Å². The average molecular weight is 361 g/mol. The number of carbonyl (C=O) groups excluding carboxylic acids is 1. The quantitative estimate of drug-likeness (QED) is 0.835. The smallest absolute Gasteiger partial charge is 0.339 e. The van der Waals surface area contributed by atoms with Gasteiger partial charge in [-0.15, -0.1) is 0 Å². The molecule has 0 heterocycles. The summed E-state index contributed by atoms with van der Waals surface area (Å²) in [6.07, 6.45) is 0. The zero-order valence-corrected chi connectivity index (χ0v) is 15.9. The van der Waals surface area contributed by atoms with E-state index in [1.165, 1.54) is 13.0 Å². The molecule has 6 heteroatoms. The lowest BCUT2D eigenvalue weighted by molar-refractivity contribution is -0.114. The van der Waals surface area contributed by atoms with Crippen LogP contribution in [0.5, 0.6) is 5.75 Å². The Morgan fingerprint density at radius 1 is 1.08 bits per heavy atom. The van der Waals surface area contributed by atoms with Crippen LogP contribution in [-0.4, -0.2) is 14.3 Å². The van der Waals surface area contributed by atoms with Crippen molar-refractivity contribution in [2.45, 2.75) is 44.9 Å². The molecule has 0 bridgehead atoms. The number of aryl methyl sites for hydroxylation is 1. The highest BCUT2D eigenvalue weighted by molar-refractivity contribution is 7.87. The predicted molar refractivity (Wildman–Crippen MR) is 98.4 cm³/mol. The number of rotatable bonds is 4. The molecule has 2 aromatic rings. The van der Waals surface area contributed by atoms with Crippen molar-refractivity contribution in [2.75, 3.05) is 5.32 Å². The third kappa shape index (κ3) is 4.60. The van der Waals surface area contributed by atoms with Crippen LogP contribution >= 0.6 is 0 Å². The molecular weight excluding hydrogens is 338 g/mol. The molecule has 0 saturated carbocycles. The van der Waals surface area contributed by atoms with Crippen molar-refractivity contribution in [1.82, 2.24) is 0 Å². The molecule has 0 radical (unpaired) electrons. The molecule has 0 unspecified atom stereocenters. The highest BCUT2D eigenvalue weighted by Gasteiger charge is 2.24. The maximum Gasteiger partial charge on any atom is 0.339 e. The Hall–Kier alpha value is -2.34. The topological polar surface area (TPSA) is 72.5 Å². The Morgan fingerprint density at radius 3 is 2.32 bits per heavy atom. The van der Waals surface area contributed by atoms with Crippen molar-refractivity contribution in [3.05, 3.63) is 53.6 Å². The monoisotopic (exact) mass is 361 g/mol. The van der Waals surface area contributed by atoms with E-state index in [2.05, 4.69) is 5.32 Å². The van der Waals surface area contributed by atoms with E-state index in [9.17, 15) is 13.2 Å². The number of hydrogen-bond donors (Lipinski definition) is 1. The van der Waals surface area contributed by atoms with Crippen LogP contribution < -0.4 is 9.50 Å². The van der Waals surface area contributed by atoms with Crippen LogP contribution in [0.2, 0.25) is 0 Å². The summed E-state index contributed by atoms with van der Waals surface area (Å²) in [5.41, 5.74) is 1.62. The second-order valence-corrected chi connectivity index (χ2v) is 8.46. The van der Waals surface area contributed by atoms with Gasteiger partial charge in [0.05, 0.1) is 5.69 Å². The second-order valence-electron chi connectivity index (χ2n) is 6.95. The Bertz CT molecular complexity index is 896. The summed E-state index contributed by atoms with van der Waals surface area (Å²) in [6, 6.07) is 11.8. The molecule has 134 valence electrons. The highest BCUT2D eigenvalue weighted by atomic mass is 32.2. The van der Waals surface area contributed by atoms with Crippen LogP contribution in [-0.2, 0) is 20.3 Å². The minimum Gasteiger partial charge on any atom is -0.377 e. The molecule has 0 aliphatic carbocycles. The number of hydrogen-bond acceptors (Lipinski definition) is 4. The molecule has 2 aromatic carbocycles. The fraction of sp³-hybridized carbons (Fsp3) is 0.316. The minimum atomic E-state index is -4.04. The summed E-state index contributed by atoms with van der Waals surface area (Å²) in [5, 5.41) is 2.57. The van der Waals surface area contributed by atoms with E-state index in [4.69, 9.17) is 4.18 Å². The SMILES string of the molecule is CC(=O)Nc1ccccc1OS(=O)(=O)c1cc(C(C)(C)C)ccc1C. The fourth-order valence-corrected chi connectivity index (χ4v) is 3.54. The Morgan fingerprint density at radius 2 is 1.72 bits per heavy atom. The van der Waals surface area contributed by atoms with Gasteiger partial charge in [-0.05, 0) is 41.7 Å². The highest BCUT2D eigenvalue weighted by Crippen LogP contribution is 2.31. The van der Waals surface area contributed by atoms with Gasteiger partial charge < -0.3 is 9.50 Å². The molecule has 0 aliphatic rings. The number of benzene rings is 2. The molecule has 0 aliphatic heterocycles. The van der Waals surface area contributed by atoms with Gasteiger partial charge in [0.15, 0.2) is 5.75 Å². The van der Waals surface area contributed by atoms with Crippen LogP contribution in [0.1, 0.15) is 38.8 Å². The normalized spacial score (nSPS) is 11.9. The molecule has 0 fully saturated rings. The van der Waals surface area contributed by atoms with E-state index < -0.39 is 10.1 Å². The molecule has 0 saturated heterocycles. The average Bonchev–Trinajstić information content (AvgIpc) is 2.47. The Balaban J connectivity index is 2.46. The molecule has 5 nitrogen and oxygen atoms in total. The number of anilines is 1. The summed E-state index contributed by atoms with van der Waals surface area (Å²) in [7, 11) is -4.04. The Kier molecular flexibility index (Phi) is 5.23. The fourth-order valence-electron chi connectivity index (χ4n) is 2.33. The molecule has 0 atom stereocenters. The van der Waals surface area contributed by atoms with Gasteiger partial charge in [0.2, 0.25) is 5.91 Å². The standard InChI is InChI=1S/C19H23NO4S/c1-13-10-11-15(19(3,4)5)12-18(13)25(22,23)24-17-9-7-6-8-16(17)20-14(2)21/h6-12H,1-5H3,(H,20,21). The van der Waals surface area contributed by atoms with Gasteiger partial charge in [0, 0.05) is 6.92 Å². The van der Waals surface area contributed by atoms with Gasteiger partial charge >= 0.3 is 10.1 Å². The van der Waals surface area contributed by atoms with Crippen molar-refractivity contribution in [3.63, 3.8) is 0 Å². The lowest BCUT2D eigenvalue weighted by atomic mass is 9.87. The van der Waals surface area contributed by atoms with Gasteiger partial charge in [0.25, 0.3) is 0 Å². The predicted octanol–water partition coefficient (Wildman–Crippen LogP) is 4.02. The number of para-hydroxylation sites is 2. The van der Waals surface area contributed by atoms with Gasteiger partial charge in [-0.3, -0.25) is 4.79 Å². The number of carbonyl (C=O) groups is 1. The van der Waals surface area contributed by atoms with Gasteiger partial charge in [-0.1, -0.05) is 45.0 Å². The van der Waals surface area contributed by atoms with Gasteiger partial charge in [-0.2, -0.15) is 8.42 Å². The van der Waals surface area contributed by atoms with Crippen LogP contribution in [0, 0.1) is 6.92 Å². The first-order valence-electron chi connectivity index (χ1n) is 7.93. The molecule has 1 N–H and O–H groups in total. The first kappa shape index (κ1) is 19.0. The first-order valence-corrected chi connectivity index (χ1v) is 9.34. The van der Waals surface area contributed by atoms with Gasteiger partial charge in [-0.25, -0.2) is 0 Å². The van der Waals surface area contributed by atoms with Crippen LogP contribution in [0.4, 0.5) is 5.69 Å². The molecule has 0 spiro atoms. The van der Waals surface area contributed by atoms with Gasteiger partial charge in [0.1, 0.15) is 4.90 Å². The summed E-state index contributed by atoms with van der Waals surface area (Å²) >= 11 is 0. The maximum absolute atomic E-state index is 12.8. The van der Waals surface area contributed by atoms with Crippen molar-refractivity contribution >= 4 is 21.7 Å². The molecule has 1 amide bonds. The minimum absolute atomic E-state index is 0.0817. The largest absolute Gasteiger partial charge is 0.377 e. The summed E-state index contributed by atoms with van der Waals surface area (Å²) in [6.45, 7) is 9.12. The zero-order valence-electron chi connectivity index (χ0n) is 15.1. The summed E-state index contributed by atoms with van der Waals surface area (Å²) in [5.74, 6) is -0.224. The van der Waals surface area contributed by atoms with Crippen LogP contribution in [0.15, 0.2) is 47.4 Å². The molecule has 2 rings (SSSR count). The lowest BCUT2D eigenvalue weighted by Gasteiger charge is -2.21. The van der Waals surface area contributed by atoms with Crippen LogP contribution in [0.3, 0.4) is 0 Å². The summed E-state index contributed by atoms with van der Waals surface area (Å²) < 4.78 is 30.9. The van der Waals surface area contributed by atoms with Crippen LogP contribution in [0.25, 0.3) is 0 Å². The van der Waals surface area contributed by atoms with E-state index in [1.54, 1.807) is 37.3 Å². The van der Waals surface area contributed by atoms with E-state index in [0.717, 1.165) is 5.56 Å².